The summed E-state index contributed by atoms with van der Waals surface area (Å²) >= 11 is 0. The van der Waals surface area contributed by atoms with Crippen molar-refractivity contribution in [1.82, 2.24) is 0 Å². The second-order valence-corrected chi connectivity index (χ2v) is 5.69. The first-order chi connectivity index (χ1) is 10.3. The summed E-state index contributed by atoms with van der Waals surface area (Å²) in [5, 5.41) is 0. The van der Waals surface area contributed by atoms with Crippen molar-refractivity contribution in [2.45, 2.75) is 12.0 Å². The van der Waals surface area contributed by atoms with Crippen molar-refractivity contribution in [3.63, 3.8) is 0 Å². The van der Waals surface area contributed by atoms with Crippen LogP contribution >= 0.6 is 0 Å². The zero-order valence-corrected chi connectivity index (χ0v) is 11.8. The Morgan fingerprint density at radius 3 is 2.48 bits per heavy atom. The molecule has 2 aliphatic rings. The van der Waals surface area contributed by atoms with Gasteiger partial charge in [0.05, 0.1) is 5.54 Å². The Kier molecular flexibility index (Phi) is 2.69. The van der Waals surface area contributed by atoms with Gasteiger partial charge in [-0.05, 0) is 34.3 Å². The second-order valence-electron chi connectivity index (χ2n) is 5.69. The number of allylic oxidation sites excluding steroid dienone is 3. The maximum Gasteiger partial charge on any atom is 0.0864 e. The third-order valence-corrected chi connectivity index (χ3v) is 4.43. The first-order valence-electron chi connectivity index (χ1n) is 7.31. The molecule has 0 saturated carbocycles. The SMILES string of the molecule is NC12C=CC=CC1=C(Cc1ccccc1)c1ccccc12. The highest BCUT2D eigenvalue weighted by Gasteiger charge is 2.39. The summed E-state index contributed by atoms with van der Waals surface area (Å²) in [5.74, 6) is 0. The zero-order chi connectivity index (χ0) is 14.3. The van der Waals surface area contributed by atoms with Gasteiger partial charge in [0, 0.05) is 0 Å². The molecule has 0 radical (unpaired) electrons. The van der Waals surface area contributed by atoms with Gasteiger partial charge < -0.3 is 5.73 Å². The highest BCUT2D eigenvalue weighted by molar-refractivity contribution is 5.85. The molecular weight excluding hydrogens is 254 g/mol. The Morgan fingerprint density at radius 2 is 1.62 bits per heavy atom. The molecule has 4 rings (SSSR count). The molecule has 0 aromatic heterocycles. The minimum Gasteiger partial charge on any atom is -0.314 e. The van der Waals surface area contributed by atoms with Gasteiger partial charge in [-0.3, -0.25) is 0 Å². The Morgan fingerprint density at radius 1 is 0.857 bits per heavy atom. The minimum atomic E-state index is -0.463. The van der Waals surface area contributed by atoms with Gasteiger partial charge in [-0.25, -0.2) is 0 Å². The van der Waals surface area contributed by atoms with Gasteiger partial charge in [-0.15, -0.1) is 0 Å². The molecule has 0 spiro atoms. The number of nitrogens with two attached hydrogens (primary N) is 1. The van der Waals surface area contributed by atoms with Crippen molar-refractivity contribution in [1.29, 1.82) is 0 Å². The summed E-state index contributed by atoms with van der Waals surface area (Å²) in [6.45, 7) is 0. The summed E-state index contributed by atoms with van der Waals surface area (Å²) in [4.78, 5) is 0. The molecule has 1 nitrogen and oxygen atoms in total. The Hall–Kier alpha value is -2.38. The van der Waals surface area contributed by atoms with Crippen LogP contribution in [0.2, 0.25) is 0 Å². The number of rotatable bonds is 2. The number of benzene rings is 2. The lowest BCUT2D eigenvalue weighted by Gasteiger charge is -2.26. The van der Waals surface area contributed by atoms with Gasteiger partial charge in [0.25, 0.3) is 0 Å². The van der Waals surface area contributed by atoms with Crippen LogP contribution in [0.1, 0.15) is 16.7 Å². The summed E-state index contributed by atoms with van der Waals surface area (Å²) in [6, 6.07) is 19.1. The fraction of sp³-hybridized carbons (Fsp3) is 0.100. The lowest BCUT2D eigenvalue weighted by molar-refractivity contribution is 0.691. The van der Waals surface area contributed by atoms with E-state index in [0.29, 0.717) is 0 Å². The lowest BCUT2D eigenvalue weighted by atomic mass is 9.84. The van der Waals surface area contributed by atoms with Crippen LogP contribution in [0.4, 0.5) is 0 Å². The van der Waals surface area contributed by atoms with Crippen LogP contribution in [0.5, 0.6) is 0 Å². The van der Waals surface area contributed by atoms with E-state index in [1.807, 2.05) is 6.08 Å². The van der Waals surface area contributed by atoms with E-state index in [-0.39, 0.29) is 0 Å². The van der Waals surface area contributed by atoms with Crippen LogP contribution in [-0.2, 0) is 12.0 Å². The van der Waals surface area contributed by atoms with Gasteiger partial charge >= 0.3 is 0 Å². The average Bonchev–Trinajstić information content (AvgIpc) is 2.78. The predicted molar refractivity (Wildman–Crippen MR) is 87.7 cm³/mol. The van der Waals surface area contributed by atoms with Crippen molar-refractivity contribution in [3.05, 3.63) is 101 Å². The summed E-state index contributed by atoms with van der Waals surface area (Å²) in [7, 11) is 0. The quantitative estimate of drug-likeness (QED) is 0.878. The molecule has 0 bridgehead atoms. The van der Waals surface area contributed by atoms with E-state index in [0.717, 1.165) is 6.42 Å². The fourth-order valence-electron chi connectivity index (χ4n) is 3.41. The number of fused-ring (bicyclic) bond motifs is 3. The minimum absolute atomic E-state index is 0.463. The topological polar surface area (TPSA) is 26.0 Å². The molecule has 0 saturated heterocycles. The molecule has 2 aromatic rings. The number of hydrogen-bond acceptors (Lipinski definition) is 1. The van der Waals surface area contributed by atoms with Crippen LogP contribution in [0.25, 0.3) is 5.57 Å². The largest absolute Gasteiger partial charge is 0.314 e. The van der Waals surface area contributed by atoms with Crippen LogP contribution < -0.4 is 5.73 Å². The summed E-state index contributed by atoms with van der Waals surface area (Å²) in [6.07, 6.45) is 9.32. The summed E-state index contributed by atoms with van der Waals surface area (Å²) in [5.41, 5.74) is 12.7. The van der Waals surface area contributed by atoms with Gasteiger partial charge in [0.1, 0.15) is 0 Å². The van der Waals surface area contributed by atoms with E-state index in [4.69, 9.17) is 5.73 Å². The van der Waals surface area contributed by atoms with E-state index < -0.39 is 5.54 Å². The third-order valence-electron chi connectivity index (χ3n) is 4.43. The van der Waals surface area contributed by atoms with Gasteiger partial charge in [-0.2, -0.15) is 0 Å². The monoisotopic (exact) mass is 271 g/mol. The second kappa shape index (κ2) is 4.57. The molecule has 0 amide bonds. The van der Waals surface area contributed by atoms with Gasteiger partial charge in [-0.1, -0.05) is 78.9 Å². The molecule has 2 aromatic carbocycles. The van der Waals surface area contributed by atoms with Crippen LogP contribution in [-0.4, -0.2) is 0 Å². The summed E-state index contributed by atoms with van der Waals surface area (Å²) < 4.78 is 0. The van der Waals surface area contributed by atoms with Crippen molar-refractivity contribution in [2.75, 3.05) is 0 Å². The van der Waals surface area contributed by atoms with Crippen molar-refractivity contribution in [2.24, 2.45) is 5.73 Å². The molecule has 0 heterocycles. The molecule has 2 N–H and O–H groups in total. The molecule has 0 aliphatic heterocycles. The van der Waals surface area contributed by atoms with E-state index in [2.05, 4.69) is 72.8 Å². The Balaban J connectivity index is 1.90. The molecule has 21 heavy (non-hydrogen) atoms. The predicted octanol–water partition coefficient (Wildman–Crippen LogP) is 3.98. The molecule has 2 aliphatic carbocycles. The smallest absolute Gasteiger partial charge is 0.0864 e. The zero-order valence-electron chi connectivity index (χ0n) is 11.8. The van der Waals surface area contributed by atoms with Gasteiger partial charge in [0.2, 0.25) is 0 Å². The molecule has 1 unspecified atom stereocenters. The third kappa shape index (κ3) is 1.82. The normalized spacial score (nSPS) is 22.3. The van der Waals surface area contributed by atoms with Crippen LogP contribution in [0.3, 0.4) is 0 Å². The lowest BCUT2D eigenvalue weighted by Crippen LogP contribution is -2.35. The van der Waals surface area contributed by atoms with Crippen LogP contribution in [0, 0.1) is 0 Å². The highest BCUT2D eigenvalue weighted by Crippen LogP contribution is 2.47. The highest BCUT2D eigenvalue weighted by atomic mass is 14.8. The molecule has 1 atom stereocenters. The first kappa shape index (κ1) is 12.4. The molecular formula is C20H17N. The first-order valence-corrected chi connectivity index (χ1v) is 7.31. The number of hydrogen-bond donors (Lipinski definition) is 1. The van der Waals surface area contributed by atoms with Crippen LogP contribution in [0.15, 0.2) is 84.5 Å². The maximum atomic E-state index is 6.72. The molecule has 0 fully saturated rings. The van der Waals surface area contributed by atoms with E-state index in [1.165, 1.54) is 27.8 Å². The molecule has 1 heteroatoms. The van der Waals surface area contributed by atoms with E-state index in [9.17, 15) is 0 Å². The van der Waals surface area contributed by atoms with Crippen molar-refractivity contribution in [3.8, 4) is 0 Å². The van der Waals surface area contributed by atoms with E-state index >= 15 is 0 Å². The van der Waals surface area contributed by atoms with Crippen molar-refractivity contribution < 1.29 is 0 Å². The fourth-order valence-corrected chi connectivity index (χ4v) is 3.41. The average molecular weight is 271 g/mol. The van der Waals surface area contributed by atoms with E-state index in [1.54, 1.807) is 0 Å². The standard InChI is InChI=1S/C20H17N/c21-20-13-7-6-12-19(20)17(14-15-8-2-1-3-9-15)16-10-4-5-11-18(16)20/h1-13H,14,21H2. The Bertz CT molecular complexity index is 780. The Labute approximate surface area is 125 Å². The van der Waals surface area contributed by atoms with Crippen molar-refractivity contribution >= 4 is 5.57 Å². The maximum absolute atomic E-state index is 6.72. The van der Waals surface area contributed by atoms with Gasteiger partial charge in [0.15, 0.2) is 0 Å². The molecule has 102 valence electrons.